The minimum atomic E-state index is 0.426. The third-order valence-corrected chi connectivity index (χ3v) is 1.73. The molecule has 69 valence electrons. The lowest BCUT2D eigenvalue weighted by atomic mass is 9.60. The molecule has 1 nitrogen and oxygen atoms in total. The Labute approximate surface area is 77.9 Å². The van der Waals surface area contributed by atoms with E-state index in [-0.39, 0.29) is 0 Å². The van der Waals surface area contributed by atoms with Gasteiger partial charge in [-0.05, 0) is 26.4 Å². The zero-order chi connectivity index (χ0) is 9.56. The molecule has 0 fully saturated rings. The molecule has 0 saturated heterocycles. The molecule has 2 heteroatoms. The van der Waals surface area contributed by atoms with Gasteiger partial charge in [0.1, 0.15) is 0 Å². The van der Waals surface area contributed by atoms with Gasteiger partial charge in [0.2, 0.25) is 0 Å². The van der Waals surface area contributed by atoms with Crippen molar-refractivity contribution in [1.29, 1.82) is 0 Å². The summed E-state index contributed by atoms with van der Waals surface area (Å²) in [6.07, 6.45) is 2.53. The molecular formula is C10H21BN. The van der Waals surface area contributed by atoms with E-state index in [1.807, 2.05) is 0 Å². The van der Waals surface area contributed by atoms with E-state index in [0.717, 1.165) is 0 Å². The molecule has 0 bridgehead atoms. The van der Waals surface area contributed by atoms with E-state index in [2.05, 4.69) is 46.9 Å². The second-order valence-corrected chi connectivity index (χ2v) is 3.80. The Morgan fingerprint density at radius 1 is 1.33 bits per heavy atom. The molecule has 0 aromatic heterocycles. The second-order valence-electron chi connectivity index (χ2n) is 3.80. The number of hydrogen-bond donors (Lipinski definition) is 0. The fourth-order valence-corrected chi connectivity index (χ4v) is 1.40. The first-order valence-electron chi connectivity index (χ1n) is 4.95. The predicted octanol–water partition coefficient (Wildman–Crippen LogP) is 3.13. The van der Waals surface area contributed by atoms with Crippen molar-refractivity contribution < 1.29 is 0 Å². The van der Waals surface area contributed by atoms with E-state index in [0.29, 0.717) is 11.9 Å². The Kier molecular flexibility index (Phi) is 6.13. The second kappa shape index (κ2) is 6.27. The van der Waals surface area contributed by atoms with Gasteiger partial charge in [0.05, 0.1) is 0 Å². The Morgan fingerprint density at radius 2 is 1.92 bits per heavy atom. The predicted molar refractivity (Wildman–Crippen MR) is 58.3 cm³/mol. The maximum Gasteiger partial charge on any atom is 0.174 e. The summed E-state index contributed by atoms with van der Waals surface area (Å²) < 4.78 is 0. The summed E-state index contributed by atoms with van der Waals surface area (Å²) in [7, 11) is 2.27. The summed E-state index contributed by atoms with van der Waals surface area (Å²) in [6, 6.07) is 0.426. The maximum atomic E-state index is 4.46. The van der Waals surface area contributed by atoms with Crippen molar-refractivity contribution >= 4 is 12.9 Å². The van der Waals surface area contributed by atoms with Crippen LogP contribution in [0.4, 0.5) is 0 Å². The van der Waals surface area contributed by atoms with Gasteiger partial charge in [-0.1, -0.05) is 32.5 Å². The summed E-state index contributed by atoms with van der Waals surface area (Å²) in [5.74, 6) is 0.678. The summed E-state index contributed by atoms with van der Waals surface area (Å²) in [4.78, 5) is 4.46. The molecule has 0 aromatic carbocycles. The van der Waals surface area contributed by atoms with Crippen molar-refractivity contribution in [3.05, 3.63) is 0 Å². The summed E-state index contributed by atoms with van der Waals surface area (Å²) >= 11 is 0. The van der Waals surface area contributed by atoms with E-state index in [9.17, 15) is 0 Å². The average Bonchev–Trinajstić information content (AvgIpc) is 1.84. The van der Waals surface area contributed by atoms with Crippen LogP contribution < -0.4 is 0 Å². The molecule has 0 rings (SSSR count). The lowest BCUT2D eigenvalue weighted by Gasteiger charge is -2.08. The number of hydrogen-bond acceptors (Lipinski definition) is 1. The third kappa shape index (κ3) is 6.45. The van der Waals surface area contributed by atoms with Crippen LogP contribution in [0.25, 0.3) is 0 Å². The molecule has 0 saturated carbocycles. The van der Waals surface area contributed by atoms with Crippen LogP contribution in [0.5, 0.6) is 0 Å². The lowest BCUT2D eigenvalue weighted by molar-refractivity contribution is 0.765. The van der Waals surface area contributed by atoms with E-state index in [1.165, 1.54) is 18.5 Å². The summed E-state index contributed by atoms with van der Waals surface area (Å²) in [6.45, 7) is 10.8. The van der Waals surface area contributed by atoms with Crippen LogP contribution in [0, 0.1) is 0 Å². The molecule has 0 aliphatic heterocycles. The van der Waals surface area contributed by atoms with Crippen molar-refractivity contribution in [2.45, 2.75) is 59.3 Å². The highest BCUT2D eigenvalue weighted by Gasteiger charge is 2.04. The highest BCUT2D eigenvalue weighted by atomic mass is 14.7. The van der Waals surface area contributed by atoms with Crippen LogP contribution >= 0.6 is 0 Å². The molecule has 0 aliphatic carbocycles. The molecule has 0 spiro atoms. The molecule has 0 N–H and O–H groups in total. The quantitative estimate of drug-likeness (QED) is 0.439. The largest absolute Gasteiger partial charge is 0.302 e. The van der Waals surface area contributed by atoms with Crippen LogP contribution in [0.15, 0.2) is 4.99 Å². The van der Waals surface area contributed by atoms with Gasteiger partial charge in [-0.15, -0.1) is 0 Å². The highest BCUT2D eigenvalue weighted by molar-refractivity contribution is 6.76. The zero-order valence-corrected chi connectivity index (χ0v) is 9.09. The topological polar surface area (TPSA) is 12.4 Å². The minimum absolute atomic E-state index is 0.426. The lowest BCUT2D eigenvalue weighted by Crippen LogP contribution is -2.12. The molecule has 0 heterocycles. The number of rotatable bonds is 5. The normalized spacial score (nSPS) is 15.0. The van der Waals surface area contributed by atoms with Gasteiger partial charge in [-0.3, -0.25) is 0 Å². The standard InChI is InChI=1S/C10H21BN/c1-6-7-9(4)11-10(5)12-8(2)3/h8-9H,6-7H2,1-5H3. The first-order valence-corrected chi connectivity index (χ1v) is 4.95. The van der Waals surface area contributed by atoms with E-state index >= 15 is 0 Å². The molecule has 0 aliphatic rings. The fraction of sp³-hybridized carbons (Fsp3) is 0.900. The van der Waals surface area contributed by atoms with Crippen LogP contribution in [-0.4, -0.2) is 18.9 Å². The smallest absolute Gasteiger partial charge is 0.174 e. The summed E-state index contributed by atoms with van der Waals surface area (Å²) in [5.41, 5.74) is 1.19. The van der Waals surface area contributed by atoms with E-state index in [4.69, 9.17) is 0 Å². The van der Waals surface area contributed by atoms with E-state index in [1.54, 1.807) is 0 Å². The molecule has 12 heavy (non-hydrogen) atoms. The Bertz CT molecular complexity index is 141. The van der Waals surface area contributed by atoms with Crippen molar-refractivity contribution in [3.63, 3.8) is 0 Å². The molecular weight excluding hydrogens is 145 g/mol. The Balaban J connectivity index is 3.74. The Morgan fingerprint density at radius 3 is 2.33 bits per heavy atom. The molecule has 0 amide bonds. The van der Waals surface area contributed by atoms with Crippen LogP contribution in [0.3, 0.4) is 0 Å². The van der Waals surface area contributed by atoms with Crippen molar-refractivity contribution in [2.24, 2.45) is 4.99 Å². The first-order chi connectivity index (χ1) is 5.56. The van der Waals surface area contributed by atoms with Gasteiger partial charge in [0.25, 0.3) is 0 Å². The van der Waals surface area contributed by atoms with Gasteiger partial charge in [-0.25, -0.2) is 0 Å². The summed E-state index contributed by atoms with van der Waals surface area (Å²) in [5, 5.41) is 0. The third-order valence-electron chi connectivity index (χ3n) is 1.73. The van der Waals surface area contributed by atoms with Crippen molar-refractivity contribution in [3.8, 4) is 0 Å². The van der Waals surface area contributed by atoms with Crippen molar-refractivity contribution in [1.82, 2.24) is 0 Å². The minimum Gasteiger partial charge on any atom is -0.302 e. The SMILES string of the molecule is CCCC(C)[B]C(C)=NC(C)C. The monoisotopic (exact) mass is 166 g/mol. The molecule has 1 radical (unpaired) electrons. The molecule has 1 atom stereocenters. The van der Waals surface area contributed by atoms with Crippen molar-refractivity contribution in [2.75, 3.05) is 0 Å². The molecule has 0 aromatic rings. The van der Waals surface area contributed by atoms with Crippen LogP contribution in [0.1, 0.15) is 47.5 Å². The Hall–Kier alpha value is -0.265. The van der Waals surface area contributed by atoms with Crippen LogP contribution in [0.2, 0.25) is 5.82 Å². The number of nitrogens with zero attached hydrogens (tertiary/aromatic N) is 1. The van der Waals surface area contributed by atoms with Gasteiger partial charge in [0.15, 0.2) is 7.28 Å². The number of aliphatic imine (C=N–C) groups is 1. The van der Waals surface area contributed by atoms with Gasteiger partial charge < -0.3 is 4.99 Å². The van der Waals surface area contributed by atoms with Gasteiger partial charge >= 0.3 is 0 Å². The van der Waals surface area contributed by atoms with Crippen LogP contribution in [-0.2, 0) is 0 Å². The average molecular weight is 166 g/mol. The highest BCUT2D eigenvalue weighted by Crippen LogP contribution is 2.10. The van der Waals surface area contributed by atoms with Gasteiger partial charge in [-0.2, -0.15) is 0 Å². The molecule has 1 unspecified atom stereocenters. The first kappa shape index (κ1) is 11.7. The van der Waals surface area contributed by atoms with E-state index < -0.39 is 0 Å². The van der Waals surface area contributed by atoms with Gasteiger partial charge in [0, 0.05) is 6.04 Å². The fourth-order valence-electron chi connectivity index (χ4n) is 1.40. The maximum absolute atomic E-state index is 4.46. The zero-order valence-electron chi connectivity index (χ0n) is 9.09.